The van der Waals surface area contributed by atoms with Crippen LogP contribution in [-0.2, 0) is 6.18 Å². The molecule has 0 atom stereocenters. The monoisotopic (exact) mass is 409 g/mol. The van der Waals surface area contributed by atoms with Crippen LogP contribution in [0.4, 0.5) is 13.2 Å². The number of thiazole rings is 1. The molecule has 1 N–H and O–H groups in total. The van der Waals surface area contributed by atoms with Crippen molar-refractivity contribution in [3.8, 4) is 22.1 Å². The Morgan fingerprint density at radius 3 is 2.75 bits per heavy atom. The minimum atomic E-state index is -4.89. The molecule has 1 aliphatic rings. The van der Waals surface area contributed by atoms with Gasteiger partial charge in [0.1, 0.15) is 11.3 Å². The third-order valence-corrected chi connectivity index (χ3v) is 5.09. The third-order valence-electron chi connectivity index (χ3n) is 4.28. The van der Waals surface area contributed by atoms with E-state index in [1.807, 2.05) is 6.07 Å². The SMILES string of the molecule is O=C(O)c1cnn(-c2nc(-c3ccccc3OCC3CC3)cs2)c1C(F)(F)F. The first kappa shape index (κ1) is 18.5. The van der Waals surface area contributed by atoms with Crippen molar-refractivity contribution in [2.24, 2.45) is 5.92 Å². The molecule has 1 aliphatic carbocycles. The van der Waals surface area contributed by atoms with Gasteiger partial charge in [0.25, 0.3) is 0 Å². The number of halogens is 3. The highest BCUT2D eigenvalue weighted by atomic mass is 32.1. The second kappa shape index (κ2) is 6.93. The lowest BCUT2D eigenvalue weighted by atomic mass is 10.1. The summed E-state index contributed by atoms with van der Waals surface area (Å²) in [5.74, 6) is -0.546. The van der Waals surface area contributed by atoms with Crippen molar-refractivity contribution in [1.82, 2.24) is 14.8 Å². The molecule has 0 aliphatic heterocycles. The average molecular weight is 409 g/mol. The fraction of sp³-hybridized carbons (Fsp3) is 0.278. The van der Waals surface area contributed by atoms with E-state index in [0.717, 1.165) is 24.2 Å². The number of hydrogen-bond donors (Lipinski definition) is 1. The summed E-state index contributed by atoms with van der Waals surface area (Å²) in [7, 11) is 0. The molecule has 146 valence electrons. The Hall–Kier alpha value is -2.88. The number of carboxylic acid groups (broad SMARTS) is 1. The topological polar surface area (TPSA) is 77.2 Å². The number of carbonyl (C=O) groups is 1. The number of rotatable bonds is 6. The predicted molar refractivity (Wildman–Crippen MR) is 94.9 cm³/mol. The normalized spacial score (nSPS) is 14.2. The van der Waals surface area contributed by atoms with Gasteiger partial charge in [-0.2, -0.15) is 18.3 Å². The third kappa shape index (κ3) is 3.59. The summed E-state index contributed by atoms with van der Waals surface area (Å²) in [4.78, 5) is 15.4. The number of aromatic nitrogens is 3. The largest absolute Gasteiger partial charge is 0.493 e. The quantitative estimate of drug-likeness (QED) is 0.649. The number of para-hydroxylation sites is 1. The number of aromatic carboxylic acids is 1. The zero-order chi connectivity index (χ0) is 19.9. The van der Waals surface area contributed by atoms with Crippen LogP contribution in [0.5, 0.6) is 5.75 Å². The van der Waals surface area contributed by atoms with E-state index in [2.05, 4.69) is 10.1 Å². The minimum Gasteiger partial charge on any atom is -0.493 e. The van der Waals surface area contributed by atoms with E-state index >= 15 is 0 Å². The first-order valence-electron chi connectivity index (χ1n) is 8.41. The van der Waals surface area contributed by atoms with Crippen molar-refractivity contribution in [1.29, 1.82) is 0 Å². The second-order valence-corrected chi connectivity index (χ2v) is 7.22. The molecule has 3 aromatic rings. The van der Waals surface area contributed by atoms with E-state index in [0.29, 0.717) is 40.4 Å². The maximum Gasteiger partial charge on any atom is 0.434 e. The fourth-order valence-corrected chi connectivity index (χ4v) is 3.49. The molecule has 28 heavy (non-hydrogen) atoms. The molecule has 6 nitrogen and oxygen atoms in total. The second-order valence-electron chi connectivity index (χ2n) is 6.39. The van der Waals surface area contributed by atoms with Crippen LogP contribution in [0.2, 0.25) is 0 Å². The Morgan fingerprint density at radius 2 is 2.07 bits per heavy atom. The molecule has 0 radical (unpaired) electrons. The van der Waals surface area contributed by atoms with Crippen molar-refractivity contribution >= 4 is 17.3 Å². The molecular formula is C18H14F3N3O3S. The molecule has 0 unspecified atom stereocenters. The van der Waals surface area contributed by atoms with Crippen molar-refractivity contribution in [2.45, 2.75) is 19.0 Å². The zero-order valence-corrected chi connectivity index (χ0v) is 15.1. The van der Waals surface area contributed by atoms with Crippen molar-refractivity contribution in [3.63, 3.8) is 0 Å². The number of alkyl halides is 3. The summed E-state index contributed by atoms with van der Waals surface area (Å²) in [5.41, 5.74) is -1.19. The first-order valence-corrected chi connectivity index (χ1v) is 9.29. The van der Waals surface area contributed by atoms with E-state index in [9.17, 15) is 18.0 Å². The van der Waals surface area contributed by atoms with Crippen LogP contribution in [0.25, 0.3) is 16.4 Å². The average Bonchev–Trinajstić information content (AvgIpc) is 3.16. The van der Waals surface area contributed by atoms with Crippen LogP contribution in [0.3, 0.4) is 0 Å². The van der Waals surface area contributed by atoms with Crippen molar-refractivity contribution in [3.05, 3.63) is 47.1 Å². The van der Waals surface area contributed by atoms with Crippen LogP contribution in [-0.4, -0.2) is 32.4 Å². The Bertz CT molecular complexity index is 1020. The van der Waals surface area contributed by atoms with Gasteiger partial charge in [0, 0.05) is 10.9 Å². The molecule has 0 amide bonds. The van der Waals surface area contributed by atoms with Gasteiger partial charge in [0.2, 0.25) is 5.13 Å². The lowest BCUT2D eigenvalue weighted by Gasteiger charge is -2.10. The van der Waals surface area contributed by atoms with E-state index in [1.54, 1.807) is 23.6 Å². The highest BCUT2D eigenvalue weighted by Crippen LogP contribution is 2.37. The van der Waals surface area contributed by atoms with Gasteiger partial charge in [-0.1, -0.05) is 12.1 Å². The van der Waals surface area contributed by atoms with Gasteiger partial charge in [0.15, 0.2) is 5.69 Å². The molecule has 1 fully saturated rings. The van der Waals surface area contributed by atoms with E-state index in [4.69, 9.17) is 9.84 Å². The lowest BCUT2D eigenvalue weighted by Crippen LogP contribution is -2.17. The summed E-state index contributed by atoms with van der Waals surface area (Å²) in [5, 5.41) is 14.2. The number of hydrogen-bond acceptors (Lipinski definition) is 5. The molecule has 0 saturated heterocycles. The molecule has 4 rings (SSSR count). The zero-order valence-electron chi connectivity index (χ0n) is 14.3. The smallest absolute Gasteiger partial charge is 0.434 e. The van der Waals surface area contributed by atoms with Gasteiger partial charge >= 0.3 is 12.1 Å². The van der Waals surface area contributed by atoms with Gasteiger partial charge in [-0.3, -0.25) is 0 Å². The first-order chi connectivity index (χ1) is 13.3. The maximum absolute atomic E-state index is 13.4. The molecular weight excluding hydrogens is 395 g/mol. The van der Waals surface area contributed by atoms with Crippen LogP contribution in [0, 0.1) is 5.92 Å². The molecule has 0 bridgehead atoms. The van der Waals surface area contributed by atoms with E-state index < -0.39 is 23.4 Å². The molecule has 10 heteroatoms. The van der Waals surface area contributed by atoms with E-state index in [1.165, 1.54) is 0 Å². The van der Waals surface area contributed by atoms with Gasteiger partial charge < -0.3 is 9.84 Å². The van der Waals surface area contributed by atoms with Crippen molar-refractivity contribution in [2.75, 3.05) is 6.61 Å². The molecule has 1 aromatic carbocycles. The van der Waals surface area contributed by atoms with Crippen molar-refractivity contribution < 1.29 is 27.8 Å². The molecule has 1 saturated carbocycles. The highest BCUT2D eigenvalue weighted by molar-refractivity contribution is 7.12. The minimum absolute atomic E-state index is 0.0770. The molecule has 2 aromatic heterocycles. The Kier molecular flexibility index (Phi) is 4.58. The molecule has 0 spiro atoms. The maximum atomic E-state index is 13.4. The Morgan fingerprint density at radius 1 is 1.32 bits per heavy atom. The van der Waals surface area contributed by atoms with Crippen LogP contribution in [0.1, 0.15) is 28.9 Å². The van der Waals surface area contributed by atoms with Crippen LogP contribution in [0.15, 0.2) is 35.8 Å². The fourth-order valence-electron chi connectivity index (χ4n) is 2.70. The number of carboxylic acids is 1. The summed E-state index contributed by atoms with van der Waals surface area (Å²) >= 11 is 0.939. The van der Waals surface area contributed by atoms with Crippen LogP contribution < -0.4 is 4.74 Å². The summed E-state index contributed by atoms with van der Waals surface area (Å²) in [6, 6.07) is 7.16. The summed E-state index contributed by atoms with van der Waals surface area (Å²) in [6.07, 6.45) is -1.94. The Balaban J connectivity index is 1.71. The molecule has 2 heterocycles. The number of benzene rings is 1. The van der Waals surface area contributed by atoms with Crippen LogP contribution >= 0.6 is 11.3 Å². The Labute approximate surface area is 161 Å². The van der Waals surface area contributed by atoms with Gasteiger partial charge in [0.05, 0.1) is 18.5 Å². The van der Waals surface area contributed by atoms with E-state index in [-0.39, 0.29) is 5.13 Å². The number of ether oxygens (including phenoxy) is 1. The number of nitrogens with zero attached hydrogens (tertiary/aromatic N) is 3. The highest BCUT2D eigenvalue weighted by Gasteiger charge is 2.41. The van der Waals surface area contributed by atoms with Gasteiger partial charge in [-0.05, 0) is 30.9 Å². The predicted octanol–water partition coefficient (Wildman–Crippen LogP) is 4.50. The summed E-state index contributed by atoms with van der Waals surface area (Å²) in [6.45, 7) is 0.591. The lowest BCUT2D eigenvalue weighted by molar-refractivity contribution is -0.143. The standard InChI is InChI=1S/C18H14F3N3O3S/c19-18(20,21)15-12(16(25)26)7-22-24(15)17-23-13(9-28-17)11-3-1-2-4-14(11)27-8-10-5-6-10/h1-4,7,9-10H,5-6,8H2,(H,25,26). The summed E-state index contributed by atoms with van der Waals surface area (Å²) < 4.78 is 46.5. The van der Waals surface area contributed by atoms with Gasteiger partial charge in [-0.25, -0.2) is 14.5 Å². The van der Waals surface area contributed by atoms with Gasteiger partial charge in [-0.15, -0.1) is 11.3 Å².